The van der Waals surface area contributed by atoms with Gasteiger partial charge in [-0.1, -0.05) is 35.9 Å². The normalized spacial score (nSPS) is 10.4. The fraction of sp³-hybridized carbons (Fsp3) is 0.111. The molecule has 3 aromatic rings. The van der Waals surface area contributed by atoms with Gasteiger partial charge < -0.3 is 10.6 Å². The Morgan fingerprint density at radius 2 is 1.96 bits per heavy atom. The molecule has 4 nitrogen and oxygen atoms in total. The van der Waals surface area contributed by atoms with E-state index in [4.69, 9.17) is 11.6 Å². The molecule has 0 radical (unpaired) electrons. The van der Waals surface area contributed by atoms with E-state index in [0.717, 1.165) is 21.7 Å². The van der Waals surface area contributed by atoms with Crippen LogP contribution in [0.25, 0.3) is 11.1 Å². The lowest BCUT2D eigenvalue weighted by Gasteiger charge is -2.08. The number of hydrogen-bond donors (Lipinski definition) is 2. The molecule has 24 heavy (non-hydrogen) atoms. The third-order valence-corrected chi connectivity index (χ3v) is 4.68. The number of hydrogen-bond acceptors (Lipinski definition) is 4. The summed E-state index contributed by atoms with van der Waals surface area (Å²) >= 11 is 7.29. The van der Waals surface area contributed by atoms with Gasteiger partial charge in [-0.05, 0) is 35.4 Å². The van der Waals surface area contributed by atoms with Crippen LogP contribution in [0.1, 0.15) is 15.2 Å². The Hall–Kier alpha value is -2.37. The van der Waals surface area contributed by atoms with Crippen molar-refractivity contribution in [1.29, 1.82) is 0 Å². The summed E-state index contributed by atoms with van der Waals surface area (Å²) in [6, 6.07) is 15.7. The van der Waals surface area contributed by atoms with Gasteiger partial charge in [0.2, 0.25) is 0 Å². The Morgan fingerprint density at radius 1 is 1.17 bits per heavy atom. The van der Waals surface area contributed by atoms with Crippen molar-refractivity contribution >= 4 is 34.5 Å². The van der Waals surface area contributed by atoms with Crippen molar-refractivity contribution < 1.29 is 4.79 Å². The number of carbonyl (C=O) groups excluding carboxylic acids is 1. The third kappa shape index (κ3) is 3.93. The van der Waals surface area contributed by atoms with Crippen LogP contribution in [-0.4, -0.2) is 17.9 Å². The van der Waals surface area contributed by atoms with Crippen molar-refractivity contribution in [2.75, 3.05) is 12.4 Å². The molecule has 3 rings (SSSR count). The fourth-order valence-corrected chi connectivity index (χ4v) is 3.24. The molecule has 0 spiro atoms. The number of rotatable bonds is 5. The number of benzene rings is 2. The first kappa shape index (κ1) is 16.5. The molecule has 0 unspecified atom stereocenters. The molecule has 0 saturated heterocycles. The molecule has 0 aliphatic carbocycles. The summed E-state index contributed by atoms with van der Waals surface area (Å²) < 4.78 is 0.554. The Kier molecular flexibility index (Phi) is 5.13. The molecule has 1 heterocycles. The highest BCUT2D eigenvalue weighted by Gasteiger charge is 2.05. The van der Waals surface area contributed by atoms with Gasteiger partial charge in [-0.15, -0.1) is 11.3 Å². The lowest BCUT2D eigenvalue weighted by Crippen LogP contribution is -2.17. The largest absolute Gasteiger partial charge is 0.380 e. The number of nitrogens with zero attached hydrogens (tertiary/aromatic N) is 1. The molecule has 1 amide bonds. The molecule has 0 atom stereocenters. The maximum Gasteiger partial charge on any atom is 0.251 e. The van der Waals surface area contributed by atoms with E-state index in [2.05, 4.69) is 15.6 Å². The Bertz CT molecular complexity index is 845. The maximum atomic E-state index is 11.7. The van der Waals surface area contributed by atoms with Crippen LogP contribution in [0.15, 0.2) is 54.7 Å². The monoisotopic (exact) mass is 357 g/mol. The summed E-state index contributed by atoms with van der Waals surface area (Å²) in [7, 11) is 1.63. The SMILES string of the molecule is CNC(=O)c1cccc(-c2ccc(NCc3cnc(Cl)s3)cc2)c1. The predicted molar refractivity (Wildman–Crippen MR) is 99.7 cm³/mol. The number of aromatic nitrogens is 1. The molecule has 2 N–H and O–H groups in total. The highest BCUT2D eigenvalue weighted by Crippen LogP contribution is 2.23. The summed E-state index contributed by atoms with van der Waals surface area (Å²) in [6.45, 7) is 0.690. The molecule has 0 aliphatic heterocycles. The van der Waals surface area contributed by atoms with Gasteiger partial charge in [-0.25, -0.2) is 4.98 Å². The first-order valence-electron chi connectivity index (χ1n) is 7.42. The molecule has 122 valence electrons. The Balaban J connectivity index is 1.71. The van der Waals surface area contributed by atoms with Crippen molar-refractivity contribution in [2.24, 2.45) is 0 Å². The fourth-order valence-electron chi connectivity index (χ4n) is 2.32. The summed E-state index contributed by atoms with van der Waals surface area (Å²) in [5.41, 5.74) is 3.74. The van der Waals surface area contributed by atoms with E-state index >= 15 is 0 Å². The first-order valence-corrected chi connectivity index (χ1v) is 8.62. The quantitative estimate of drug-likeness (QED) is 0.710. The average Bonchev–Trinajstić information content (AvgIpc) is 3.05. The van der Waals surface area contributed by atoms with Gasteiger partial charge in [0.25, 0.3) is 5.91 Å². The van der Waals surface area contributed by atoms with Crippen LogP contribution in [0.3, 0.4) is 0 Å². The number of nitrogens with one attached hydrogen (secondary N) is 2. The smallest absolute Gasteiger partial charge is 0.251 e. The van der Waals surface area contributed by atoms with Crippen LogP contribution in [-0.2, 0) is 6.54 Å². The third-order valence-electron chi connectivity index (χ3n) is 3.56. The van der Waals surface area contributed by atoms with E-state index in [1.54, 1.807) is 19.3 Å². The molecule has 0 bridgehead atoms. The average molecular weight is 358 g/mol. The lowest BCUT2D eigenvalue weighted by atomic mass is 10.0. The van der Waals surface area contributed by atoms with Crippen LogP contribution in [0.2, 0.25) is 4.47 Å². The van der Waals surface area contributed by atoms with Gasteiger partial charge >= 0.3 is 0 Å². The summed E-state index contributed by atoms with van der Waals surface area (Å²) in [5, 5.41) is 5.98. The van der Waals surface area contributed by atoms with Gasteiger partial charge in [-0.2, -0.15) is 0 Å². The van der Waals surface area contributed by atoms with Gasteiger partial charge in [0.15, 0.2) is 4.47 Å². The number of carbonyl (C=O) groups is 1. The molecule has 0 aliphatic rings. The second-order valence-electron chi connectivity index (χ2n) is 5.17. The second-order valence-corrected chi connectivity index (χ2v) is 6.87. The van der Waals surface area contributed by atoms with Crippen molar-refractivity contribution in [2.45, 2.75) is 6.54 Å². The first-order chi connectivity index (χ1) is 11.7. The van der Waals surface area contributed by atoms with E-state index < -0.39 is 0 Å². The molecule has 0 saturated carbocycles. The summed E-state index contributed by atoms with van der Waals surface area (Å²) in [6.07, 6.45) is 1.78. The minimum atomic E-state index is -0.0849. The number of halogens is 1. The van der Waals surface area contributed by atoms with Gasteiger partial charge in [0.05, 0.1) is 6.54 Å². The zero-order valence-corrected chi connectivity index (χ0v) is 14.6. The molecular weight excluding hydrogens is 342 g/mol. The molecular formula is C18H16ClN3OS. The van der Waals surface area contributed by atoms with Crippen LogP contribution in [0.4, 0.5) is 5.69 Å². The van der Waals surface area contributed by atoms with Crippen LogP contribution in [0, 0.1) is 0 Å². The number of anilines is 1. The zero-order chi connectivity index (χ0) is 16.9. The van der Waals surface area contributed by atoms with Crippen LogP contribution < -0.4 is 10.6 Å². The lowest BCUT2D eigenvalue weighted by molar-refractivity contribution is 0.0963. The molecule has 1 aromatic heterocycles. The van der Waals surface area contributed by atoms with E-state index in [1.165, 1.54) is 11.3 Å². The van der Waals surface area contributed by atoms with Crippen LogP contribution in [0.5, 0.6) is 0 Å². The zero-order valence-electron chi connectivity index (χ0n) is 13.0. The predicted octanol–water partition coefficient (Wildman–Crippen LogP) is 4.44. The van der Waals surface area contributed by atoms with E-state index in [1.807, 2.05) is 42.5 Å². The Morgan fingerprint density at radius 3 is 2.62 bits per heavy atom. The topological polar surface area (TPSA) is 54.0 Å². The van der Waals surface area contributed by atoms with E-state index in [-0.39, 0.29) is 5.91 Å². The summed E-state index contributed by atoms with van der Waals surface area (Å²) in [4.78, 5) is 16.8. The standard InChI is InChI=1S/C18H16ClN3OS/c1-20-17(23)14-4-2-3-13(9-14)12-5-7-15(8-6-12)21-10-16-11-22-18(19)24-16/h2-9,11,21H,10H2,1H3,(H,20,23). The second kappa shape index (κ2) is 7.47. The van der Waals surface area contributed by atoms with Gasteiger partial charge in [0, 0.05) is 29.4 Å². The molecule has 2 aromatic carbocycles. The van der Waals surface area contributed by atoms with Gasteiger partial charge in [0.1, 0.15) is 0 Å². The van der Waals surface area contributed by atoms with Crippen molar-refractivity contribution in [3.05, 3.63) is 69.6 Å². The van der Waals surface area contributed by atoms with Crippen molar-refractivity contribution in [3.63, 3.8) is 0 Å². The molecule has 0 fully saturated rings. The van der Waals surface area contributed by atoms with E-state index in [9.17, 15) is 4.79 Å². The van der Waals surface area contributed by atoms with Crippen molar-refractivity contribution in [3.8, 4) is 11.1 Å². The highest BCUT2D eigenvalue weighted by molar-refractivity contribution is 7.15. The highest BCUT2D eigenvalue weighted by atomic mass is 35.5. The van der Waals surface area contributed by atoms with E-state index in [0.29, 0.717) is 16.6 Å². The Labute approximate surface area is 149 Å². The minimum absolute atomic E-state index is 0.0849. The number of thiazole rings is 1. The maximum absolute atomic E-state index is 11.7. The van der Waals surface area contributed by atoms with Gasteiger partial charge in [-0.3, -0.25) is 4.79 Å². The minimum Gasteiger partial charge on any atom is -0.380 e. The van der Waals surface area contributed by atoms with Crippen LogP contribution >= 0.6 is 22.9 Å². The summed E-state index contributed by atoms with van der Waals surface area (Å²) in [5.74, 6) is -0.0849. The van der Waals surface area contributed by atoms with Crippen molar-refractivity contribution in [1.82, 2.24) is 10.3 Å². The molecule has 6 heteroatoms. The number of amides is 1.